The second-order valence-electron chi connectivity index (χ2n) is 4.21. The van der Waals surface area contributed by atoms with Gasteiger partial charge >= 0.3 is 0 Å². The van der Waals surface area contributed by atoms with Gasteiger partial charge in [-0.15, -0.1) is 0 Å². The number of nitrogens with one attached hydrogen (secondary N) is 1. The molecule has 4 heteroatoms. The second-order valence-corrected chi connectivity index (χ2v) is 5.85. The third kappa shape index (κ3) is 4.43. The number of amides is 1. The maximum Gasteiger partial charge on any atom is 0.251 e. The smallest absolute Gasteiger partial charge is 0.251 e. The maximum atomic E-state index is 12.0. The van der Waals surface area contributed by atoms with Gasteiger partial charge in [0.15, 0.2) is 0 Å². The Kier molecular flexibility index (Phi) is 6.20. The lowest BCUT2D eigenvalue weighted by Gasteiger charge is -2.12. The lowest BCUT2D eigenvalue weighted by atomic mass is 10.1. The number of hydrogen-bond donors (Lipinski definition) is 1. The lowest BCUT2D eigenvalue weighted by Crippen LogP contribution is -2.29. The molecule has 1 aromatic rings. The SMILES string of the molecule is Cc1c(Br)cccc1C(=O)NCC(C)CCBr. The molecule has 0 spiro atoms. The van der Waals surface area contributed by atoms with Crippen LogP contribution in [-0.2, 0) is 0 Å². The molecule has 0 fully saturated rings. The summed E-state index contributed by atoms with van der Waals surface area (Å²) in [5.41, 5.74) is 1.73. The van der Waals surface area contributed by atoms with Crippen molar-refractivity contribution in [1.29, 1.82) is 0 Å². The first kappa shape index (κ1) is 14.7. The summed E-state index contributed by atoms with van der Waals surface area (Å²) in [6, 6.07) is 5.68. The van der Waals surface area contributed by atoms with Crippen LogP contribution in [0.3, 0.4) is 0 Å². The molecule has 0 aromatic heterocycles. The van der Waals surface area contributed by atoms with Gasteiger partial charge in [-0.05, 0) is 37.0 Å². The Morgan fingerprint density at radius 2 is 2.18 bits per heavy atom. The van der Waals surface area contributed by atoms with Gasteiger partial charge in [0.25, 0.3) is 5.91 Å². The molecule has 0 radical (unpaired) electrons. The minimum Gasteiger partial charge on any atom is -0.352 e. The van der Waals surface area contributed by atoms with E-state index in [-0.39, 0.29) is 5.91 Å². The monoisotopic (exact) mass is 361 g/mol. The van der Waals surface area contributed by atoms with Crippen LogP contribution in [0.1, 0.15) is 29.3 Å². The molecule has 1 atom stereocenters. The molecule has 0 aliphatic carbocycles. The number of alkyl halides is 1. The van der Waals surface area contributed by atoms with E-state index in [2.05, 4.69) is 44.1 Å². The average Bonchev–Trinajstić information content (AvgIpc) is 2.30. The molecule has 2 nitrogen and oxygen atoms in total. The predicted octanol–water partition coefficient (Wildman–Crippen LogP) is 3.91. The van der Waals surface area contributed by atoms with Crippen LogP contribution in [0.5, 0.6) is 0 Å². The highest BCUT2D eigenvalue weighted by molar-refractivity contribution is 9.10. The highest BCUT2D eigenvalue weighted by Gasteiger charge is 2.11. The molecular weight excluding hydrogens is 346 g/mol. The molecule has 1 amide bonds. The Hall–Kier alpha value is -0.350. The van der Waals surface area contributed by atoms with Gasteiger partial charge in [-0.25, -0.2) is 0 Å². The number of benzene rings is 1. The van der Waals surface area contributed by atoms with E-state index in [0.717, 1.165) is 33.9 Å². The van der Waals surface area contributed by atoms with Crippen LogP contribution in [0.4, 0.5) is 0 Å². The zero-order valence-electron chi connectivity index (χ0n) is 10.1. The van der Waals surface area contributed by atoms with Gasteiger partial charge in [0.2, 0.25) is 0 Å². The number of carbonyl (C=O) groups excluding carboxylic acids is 1. The first-order valence-electron chi connectivity index (χ1n) is 5.65. The van der Waals surface area contributed by atoms with E-state index in [1.165, 1.54) is 0 Å². The number of hydrogen-bond acceptors (Lipinski definition) is 1. The van der Waals surface area contributed by atoms with E-state index in [1.54, 1.807) is 0 Å². The third-order valence-corrected chi connectivity index (χ3v) is 4.04. The molecule has 1 rings (SSSR count). The van der Waals surface area contributed by atoms with Gasteiger partial charge in [0.05, 0.1) is 0 Å². The summed E-state index contributed by atoms with van der Waals surface area (Å²) in [6.45, 7) is 4.80. The first-order chi connectivity index (χ1) is 8.06. The maximum absolute atomic E-state index is 12.0. The summed E-state index contributed by atoms with van der Waals surface area (Å²) in [5, 5.41) is 3.94. The summed E-state index contributed by atoms with van der Waals surface area (Å²) in [4.78, 5) is 12.0. The Labute approximate surface area is 119 Å². The summed E-state index contributed by atoms with van der Waals surface area (Å²) in [7, 11) is 0. The third-order valence-electron chi connectivity index (χ3n) is 2.73. The molecular formula is C13H17Br2NO. The van der Waals surface area contributed by atoms with Crippen molar-refractivity contribution in [3.8, 4) is 0 Å². The van der Waals surface area contributed by atoms with Gasteiger partial charge in [-0.3, -0.25) is 4.79 Å². The normalized spacial score (nSPS) is 12.2. The lowest BCUT2D eigenvalue weighted by molar-refractivity contribution is 0.0947. The number of carbonyl (C=O) groups is 1. The van der Waals surface area contributed by atoms with Crippen LogP contribution < -0.4 is 5.32 Å². The average molecular weight is 363 g/mol. The Balaban J connectivity index is 2.61. The standard InChI is InChI=1S/C13H17Br2NO/c1-9(6-7-14)8-16-13(17)11-4-3-5-12(15)10(11)2/h3-5,9H,6-8H2,1-2H3,(H,16,17). The van der Waals surface area contributed by atoms with Gasteiger partial charge in [-0.1, -0.05) is 44.8 Å². The zero-order valence-corrected chi connectivity index (χ0v) is 13.3. The molecule has 1 aromatic carbocycles. The molecule has 0 aliphatic rings. The molecule has 0 bridgehead atoms. The summed E-state index contributed by atoms with van der Waals surface area (Å²) < 4.78 is 0.971. The van der Waals surface area contributed by atoms with Crippen molar-refractivity contribution in [3.63, 3.8) is 0 Å². The summed E-state index contributed by atoms with van der Waals surface area (Å²) >= 11 is 6.84. The van der Waals surface area contributed by atoms with E-state index in [1.807, 2.05) is 25.1 Å². The van der Waals surface area contributed by atoms with Gasteiger partial charge in [0.1, 0.15) is 0 Å². The van der Waals surface area contributed by atoms with Crippen molar-refractivity contribution in [2.24, 2.45) is 5.92 Å². The minimum absolute atomic E-state index is 0.00484. The topological polar surface area (TPSA) is 29.1 Å². The molecule has 17 heavy (non-hydrogen) atoms. The van der Waals surface area contributed by atoms with Crippen molar-refractivity contribution < 1.29 is 4.79 Å². The summed E-state index contributed by atoms with van der Waals surface area (Å²) in [5.74, 6) is 0.496. The molecule has 94 valence electrons. The molecule has 1 N–H and O–H groups in total. The van der Waals surface area contributed by atoms with E-state index < -0.39 is 0 Å². The van der Waals surface area contributed by atoms with Crippen molar-refractivity contribution in [1.82, 2.24) is 5.32 Å². The Morgan fingerprint density at radius 1 is 1.47 bits per heavy atom. The molecule has 1 unspecified atom stereocenters. The highest BCUT2D eigenvalue weighted by Crippen LogP contribution is 2.19. The quantitative estimate of drug-likeness (QED) is 0.790. The largest absolute Gasteiger partial charge is 0.352 e. The number of halogens is 2. The fourth-order valence-corrected chi connectivity index (χ4v) is 2.65. The predicted molar refractivity (Wildman–Crippen MR) is 78.8 cm³/mol. The van der Waals surface area contributed by atoms with Crippen LogP contribution in [-0.4, -0.2) is 17.8 Å². The van der Waals surface area contributed by atoms with Crippen LogP contribution in [0.25, 0.3) is 0 Å². The fourth-order valence-electron chi connectivity index (χ4n) is 1.50. The van der Waals surface area contributed by atoms with Gasteiger partial charge in [0, 0.05) is 21.9 Å². The van der Waals surface area contributed by atoms with E-state index in [9.17, 15) is 4.79 Å². The summed E-state index contributed by atoms with van der Waals surface area (Å²) in [6.07, 6.45) is 1.07. The van der Waals surface area contributed by atoms with E-state index in [0.29, 0.717) is 5.92 Å². The molecule has 0 saturated heterocycles. The fraction of sp³-hybridized carbons (Fsp3) is 0.462. The van der Waals surface area contributed by atoms with E-state index in [4.69, 9.17) is 0 Å². The van der Waals surface area contributed by atoms with Crippen LogP contribution in [0.15, 0.2) is 22.7 Å². The van der Waals surface area contributed by atoms with Crippen molar-refractivity contribution in [3.05, 3.63) is 33.8 Å². The Morgan fingerprint density at radius 3 is 2.82 bits per heavy atom. The van der Waals surface area contributed by atoms with Crippen LogP contribution in [0.2, 0.25) is 0 Å². The zero-order chi connectivity index (χ0) is 12.8. The van der Waals surface area contributed by atoms with Crippen molar-refractivity contribution >= 4 is 37.8 Å². The molecule has 0 aliphatic heterocycles. The number of rotatable bonds is 5. The van der Waals surface area contributed by atoms with Gasteiger partial charge in [-0.2, -0.15) is 0 Å². The van der Waals surface area contributed by atoms with Crippen LogP contribution in [0, 0.1) is 12.8 Å². The second kappa shape index (κ2) is 7.17. The van der Waals surface area contributed by atoms with Crippen molar-refractivity contribution in [2.75, 3.05) is 11.9 Å². The first-order valence-corrected chi connectivity index (χ1v) is 7.57. The molecule has 0 saturated carbocycles. The minimum atomic E-state index is 0.00484. The highest BCUT2D eigenvalue weighted by atomic mass is 79.9. The molecule has 0 heterocycles. The van der Waals surface area contributed by atoms with E-state index >= 15 is 0 Å². The van der Waals surface area contributed by atoms with Crippen LogP contribution >= 0.6 is 31.9 Å². The van der Waals surface area contributed by atoms with Crippen molar-refractivity contribution in [2.45, 2.75) is 20.3 Å². The van der Waals surface area contributed by atoms with Gasteiger partial charge < -0.3 is 5.32 Å². The Bertz CT molecular complexity index is 393.